The molecule has 0 saturated heterocycles. The first-order valence-electron chi connectivity index (χ1n) is 7.71. The van der Waals surface area contributed by atoms with Gasteiger partial charge in [-0.2, -0.15) is 0 Å². The van der Waals surface area contributed by atoms with E-state index in [2.05, 4.69) is 0 Å². The number of phenolic OH excluding ortho intramolecular Hbond substituents is 2. The summed E-state index contributed by atoms with van der Waals surface area (Å²) in [6.07, 6.45) is 0. The van der Waals surface area contributed by atoms with Crippen LogP contribution in [0.15, 0.2) is 48.5 Å². The second kappa shape index (κ2) is 6.60. The zero-order valence-electron chi connectivity index (χ0n) is 13.9. The molecule has 0 saturated carbocycles. The number of phenols is 2. The van der Waals surface area contributed by atoms with Crippen molar-refractivity contribution in [2.24, 2.45) is 5.92 Å². The lowest BCUT2D eigenvalue weighted by Crippen LogP contribution is -2.37. The molecule has 2 atom stereocenters. The van der Waals surface area contributed by atoms with Crippen LogP contribution in [0.3, 0.4) is 0 Å². The third kappa shape index (κ3) is 3.48. The van der Waals surface area contributed by atoms with Crippen LogP contribution in [0.25, 0.3) is 0 Å². The van der Waals surface area contributed by atoms with Crippen LogP contribution in [0.4, 0.5) is 0 Å². The summed E-state index contributed by atoms with van der Waals surface area (Å²) in [6, 6.07) is 13.3. The molecule has 0 radical (unpaired) electrons. The van der Waals surface area contributed by atoms with Crippen LogP contribution in [0.5, 0.6) is 11.5 Å². The van der Waals surface area contributed by atoms with Crippen molar-refractivity contribution in [2.45, 2.75) is 31.8 Å². The first-order chi connectivity index (χ1) is 11.1. The first kappa shape index (κ1) is 18.5. The monoisotopic (exact) mass is 350 g/mol. The van der Waals surface area contributed by atoms with Crippen LogP contribution < -0.4 is 0 Å². The second-order valence-corrected chi connectivity index (χ2v) is 8.41. The van der Waals surface area contributed by atoms with Crippen LogP contribution in [-0.2, 0) is 9.98 Å². The molecule has 2 unspecified atom stereocenters. The van der Waals surface area contributed by atoms with Crippen LogP contribution >= 0.6 is 7.60 Å². The number of hydrogen-bond acceptors (Lipinski definition) is 3. The predicted octanol–water partition coefficient (Wildman–Crippen LogP) is 3.61. The van der Waals surface area contributed by atoms with Gasteiger partial charge in [0.2, 0.25) is 0 Å². The van der Waals surface area contributed by atoms with E-state index in [1.165, 1.54) is 0 Å². The Balaban J connectivity index is 2.62. The standard InChI is InChI=1S/C18H23O5P/c1-12(13(2)24(21,22)23)18(3,14-4-8-16(19)9-5-14)15-6-10-17(20)11-7-15/h4-13,19-20H,1-3H3,(H2,21,22,23). The normalized spacial score (nSPS) is 15.0. The highest BCUT2D eigenvalue weighted by Gasteiger charge is 2.43. The molecule has 6 heteroatoms. The minimum absolute atomic E-state index is 0.127. The minimum atomic E-state index is -4.27. The number of hydrogen-bond donors (Lipinski definition) is 4. The van der Waals surface area contributed by atoms with E-state index in [4.69, 9.17) is 0 Å². The molecule has 0 amide bonds. The van der Waals surface area contributed by atoms with Gasteiger partial charge < -0.3 is 20.0 Å². The molecular formula is C18H23O5P. The van der Waals surface area contributed by atoms with Gasteiger partial charge in [-0.1, -0.05) is 45.0 Å². The Kier molecular flexibility index (Phi) is 5.09. The van der Waals surface area contributed by atoms with Crippen molar-refractivity contribution in [1.82, 2.24) is 0 Å². The van der Waals surface area contributed by atoms with Crippen LogP contribution in [0.2, 0.25) is 0 Å². The summed E-state index contributed by atoms with van der Waals surface area (Å²) in [5.74, 6) is -0.141. The van der Waals surface area contributed by atoms with Crippen molar-refractivity contribution in [3.63, 3.8) is 0 Å². The third-order valence-corrected chi connectivity index (χ3v) is 6.61. The molecule has 0 aliphatic heterocycles. The van der Waals surface area contributed by atoms with Crippen LogP contribution in [-0.4, -0.2) is 25.7 Å². The summed E-state index contributed by atoms with van der Waals surface area (Å²) in [7, 11) is -4.27. The maximum atomic E-state index is 11.8. The quantitative estimate of drug-likeness (QED) is 0.618. The van der Waals surface area contributed by atoms with Gasteiger partial charge in [0, 0.05) is 5.41 Å². The first-order valence-corrected chi connectivity index (χ1v) is 9.39. The van der Waals surface area contributed by atoms with E-state index in [-0.39, 0.29) is 11.5 Å². The molecule has 0 aromatic heterocycles. The maximum Gasteiger partial charge on any atom is 0.328 e. The van der Waals surface area contributed by atoms with Gasteiger partial charge >= 0.3 is 7.60 Å². The van der Waals surface area contributed by atoms with E-state index in [9.17, 15) is 24.6 Å². The molecule has 24 heavy (non-hydrogen) atoms. The van der Waals surface area contributed by atoms with Gasteiger partial charge in [0.05, 0.1) is 5.66 Å². The van der Waals surface area contributed by atoms with E-state index in [0.29, 0.717) is 0 Å². The lowest BCUT2D eigenvalue weighted by atomic mass is 9.67. The molecule has 0 heterocycles. The van der Waals surface area contributed by atoms with Gasteiger partial charge in [-0.15, -0.1) is 0 Å². The van der Waals surface area contributed by atoms with Crippen molar-refractivity contribution >= 4 is 7.60 Å². The van der Waals surface area contributed by atoms with Gasteiger partial charge in [0.15, 0.2) is 0 Å². The molecule has 4 N–H and O–H groups in total. The molecule has 2 aromatic rings. The fraction of sp³-hybridized carbons (Fsp3) is 0.333. The Bertz CT molecular complexity index is 688. The molecule has 0 spiro atoms. The minimum Gasteiger partial charge on any atom is -0.508 e. The summed E-state index contributed by atoms with van der Waals surface area (Å²) >= 11 is 0. The molecule has 5 nitrogen and oxygen atoms in total. The van der Waals surface area contributed by atoms with Crippen LogP contribution in [0.1, 0.15) is 31.9 Å². The van der Waals surface area contributed by atoms with Crippen molar-refractivity contribution in [3.05, 3.63) is 59.7 Å². The van der Waals surface area contributed by atoms with E-state index in [1.807, 2.05) is 13.8 Å². The molecule has 130 valence electrons. The van der Waals surface area contributed by atoms with Crippen molar-refractivity contribution in [1.29, 1.82) is 0 Å². The summed E-state index contributed by atoms with van der Waals surface area (Å²) in [4.78, 5) is 19.3. The summed E-state index contributed by atoms with van der Waals surface area (Å²) in [5.41, 5.74) is 0.102. The largest absolute Gasteiger partial charge is 0.508 e. The zero-order chi connectivity index (χ0) is 18.1. The molecule has 0 fully saturated rings. The van der Waals surface area contributed by atoms with Crippen molar-refractivity contribution in [3.8, 4) is 11.5 Å². The summed E-state index contributed by atoms with van der Waals surface area (Å²) in [6.45, 7) is 5.27. The number of benzene rings is 2. The van der Waals surface area contributed by atoms with Crippen molar-refractivity contribution in [2.75, 3.05) is 0 Å². The Morgan fingerprint density at radius 2 is 1.17 bits per heavy atom. The molecule has 2 aromatic carbocycles. The van der Waals surface area contributed by atoms with Gasteiger partial charge in [-0.25, -0.2) is 0 Å². The fourth-order valence-corrected chi connectivity index (χ4v) is 3.96. The average molecular weight is 350 g/mol. The Hall–Kier alpha value is -1.81. The van der Waals surface area contributed by atoms with Gasteiger partial charge in [-0.3, -0.25) is 4.57 Å². The summed E-state index contributed by atoms with van der Waals surface area (Å²) < 4.78 is 11.8. The maximum absolute atomic E-state index is 11.8. The number of rotatable bonds is 5. The Morgan fingerprint density at radius 1 is 0.833 bits per heavy atom. The zero-order valence-corrected chi connectivity index (χ0v) is 14.8. The van der Waals surface area contributed by atoms with E-state index in [1.54, 1.807) is 55.5 Å². The second-order valence-electron chi connectivity index (χ2n) is 6.41. The smallest absolute Gasteiger partial charge is 0.328 e. The lowest BCUT2D eigenvalue weighted by Gasteiger charge is -2.40. The molecule has 2 rings (SSSR count). The molecular weight excluding hydrogens is 327 g/mol. The van der Waals surface area contributed by atoms with E-state index in [0.717, 1.165) is 11.1 Å². The van der Waals surface area contributed by atoms with Crippen LogP contribution in [0, 0.1) is 5.92 Å². The topological polar surface area (TPSA) is 98.0 Å². The number of aromatic hydroxyl groups is 2. The Morgan fingerprint density at radius 3 is 1.46 bits per heavy atom. The van der Waals surface area contributed by atoms with E-state index >= 15 is 0 Å². The third-order valence-electron chi connectivity index (χ3n) is 5.10. The van der Waals surface area contributed by atoms with Gasteiger partial charge in [0.25, 0.3) is 0 Å². The summed E-state index contributed by atoms with van der Waals surface area (Å²) in [5, 5.41) is 19.1. The SMILES string of the molecule is CC(C(C)P(=O)(O)O)C(C)(c1ccc(O)cc1)c1ccc(O)cc1. The van der Waals surface area contributed by atoms with Gasteiger partial charge in [0.1, 0.15) is 11.5 Å². The lowest BCUT2D eigenvalue weighted by molar-refractivity contribution is 0.301. The van der Waals surface area contributed by atoms with Crippen molar-refractivity contribution < 1.29 is 24.6 Å². The molecule has 0 aliphatic carbocycles. The highest BCUT2D eigenvalue weighted by atomic mass is 31.2. The molecule has 0 aliphatic rings. The molecule has 0 bridgehead atoms. The highest BCUT2D eigenvalue weighted by molar-refractivity contribution is 7.52. The average Bonchev–Trinajstić information content (AvgIpc) is 2.53. The fourth-order valence-electron chi connectivity index (χ4n) is 3.08. The highest BCUT2D eigenvalue weighted by Crippen LogP contribution is 2.52. The van der Waals surface area contributed by atoms with E-state index < -0.39 is 24.6 Å². The predicted molar refractivity (Wildman–Crippen MR) is 93.3 cm³/mol. The van der Waals surface area contributed by atoms with Gasteiger partial charge in [-0.05, 0) is 41.3 Å². The Labute approximate surface area is 141 Å².